The number of nitriles is 1. The fourth-order valence-corrected chi connectivity index (χ4v) is 3.66. The van der Waals surface area contributed by atoms with Crippen LogP contribution in [0.5, 0.6) is 0 Å². The second-order valence-electron chi connectivity index (χ2n) is 5.71. The Morgan fingerprint density at radius 1 is 1.21 bits per heavy atom. The summed E-state index contributed by atoms with van der Waals surface area (Å²) in [7, 11) is 0. The van der Waals surface area contributed by atoms with Crippen molar-refractivity contribution in [2.24, 2.45) is 0 Å². The van der Waals surface area contributed by atoms with Gasteiger partial charge in [-0.05, 0) is 56.9 Å². The molecule has 2 saturated heterocycles. The minimum Gasteiger partial charge on any atom is -0.369 e. The topological polar surface area (TPSA) is 39.1 Å². The van der Waals surface area contributed by atoms with Gasteiger partial charge < -0.3 is 10.2 Å². The molecule has 1 aromatic carbocycles. The first-order valence-electron chi connectivity index (χ1n) is 7.33. The van der Waals surface area contributed by atoms with Crippen molar-refractivity contribution in [3.05, 3.63) is 29.8 Å². The number of hydrogen-bond acceptors (Lipinski definition) is 3. The molecule has 0 spiro atoms. The molecule has 2 aliphatic heterocycles. The largest absolute Gasteiger partial charge is 0.369 e. The lowest BCUT2D eigenvalue weighted by Gasteiger charge is -2.38. The molecule has 0 aromatic heterocycles. The fraction of sp³-hybridized carbons (Fsp3) is 0.562. The number of piperidine rings is 1. The van der Waals surface area contributed by atoms with Gasteiger partial charge in [-0.15, -0.1) is 0 Å². The first-order valence-corrected chi connectivity index (χ1v) is 7.33. The predicted octanol–water partition coefficient (Wildman–Crippen LogP) is 2.67. The fourth-order valence-electron chi connectivity index (χ4n) is 3.66. The quantitative estimate of drug-likeness (QED) is 0.902. The highest BCUT2D eigenvalue weighted by Crippen LogP contribution is 2.32. The average Bonchev–Trinajstić information content (AvgIpc) is 2.79. The molecule has 0 amide bonds. The van der Waals surface area contributed by atoms with Crippen LogP contribution in [0.3, 0.4) is 0 Å². The third kappa shape index (κ3) is 2.46. The number of anilines is 1. The molecular weight excluding hydrogens is 234 g/mol. The lowest BCUT2D eigenvalue weighted by Crippen LogP contribution is -2.48. The first kappa shape index (κ1) is 12.5. The summed E-state index contributed by atoms with van der Waals surface area (Å²) in [4.78, 5) is 2.51. The van der Waals surface area contributed by atoms with E-state index in [9.17, 15) is 0 Å². The van der Waals surface area contributed by atoms with Gasteiger partial charge in [-0.3, -0.25) is 0 Å². The maximum absolute atomic E-state index is 8.88. The molecule has 2 atom stereocenters. The number of benzene rings is 1. The van der Waals surface area contributed by atoms with Crippen molar-refractivity contribution < 1.29 is 0 Å². The number of hydrogen-bond donors (Lipinski definition) is 1. The van der Waals surface area contributed by atoms with E-state index >= 15 is 0 Å². The van der Waals surface area contributed by atoms with Crippen LogP contribution in [0.15, 0.2) is 24.3 Å². The van der Waals surface area contributed by atoms with Gasteiger partial charge in [0.05, 0.1) is 11.6 Å². The van der Waals surface area contributed by atoms with Crippen LogP contribution in [0.2, 0.25) is 0 Å². The van der Waals surface area contributed by atoms with E-state index in [0.29, 0.717) is 6.04 Å². The van der Waals surface area contributed by atoms with E-state index in [1.54, 1.807) is 0 Å². The van der Waals surface area contributed by atoms with Gasteiger partial charge >= 0.3 is 0 Å². The zero-order valence-corrected chi connectivity index (χ0v) is 11.5. The Bertz CT molecular complexity index is 462. The minimum absolute atomic E-state index is 0.650. The zero-order chi connectivity index (χ0) is 13.2. The van der Waals surface area contributed by atoms with E-state index < -0.39 is 0 Å². The Kier molecular flexibility index (Phi) is 3.44. The number of nitrogens with one attached hydrogen (secondary N) is 1. The van der Waals surface area contributed by atoms with Crippen LogP contribution < -0.4 is 10.2 Å². The summed E-state index contributed by atoms with van der Waals surface area (Å²) in [5.74, 6) is 0. The van der Waals surface area contributed by atoms with Crippen LogP contribution in [0.25, 0.3) is 0 Å². The molecule has 0 radical (unpaired) electrons. The third-order valence-electron chi connectivity index (χ3n) is 4.56. The normalized spacial score (nSPS) is 28.9. The molecule has 0 saturated carbocycles. The summed E-state index contributed by atoms with van der Waals surface area (Å²) < 4.78 is 0. The van der Waals surface area contributed by atoms with Crippen LogP contribution in [-0.4, -0.2) is 24.7 Å². The van der Waals surface area contributed by atoms with Crippen molar-refractivity contribution in [2.45, 2.75) is 50.7 Å². The maximum atomic E-state index is 8.88. The van der Waals surface area contributed by atoms with Gasteiger partial charge in [0.15, 0.2) is 0 Å². The summed E-state index contributed by atoms with van der Waals surface area (Å²) in [6.45, 7) is 3.26. The SMILES string of the molecule is CCN(c1ccc(C#N)cc1)C1CC2CCC(C1)N2. The van der Waals surface area contributed by atoms with Crippen molar-refractivity contribution in [1.29, 1.82) is 5.26 Å². The highest BCUT2D eigenvalue weighted by molar-refractivity contribution is 5.50. The molecule has 2 unspecified atom stereocenters. The van der Waals surface area contributed by atoms with Crippen molar-refractivity contribution in [3.63, 3.8) is 0 Å². The monoisotopic (exact) mass is 255 g/mol. The highest BCUT2D eigenvalue weighted by atomic mass is 15.2. The summed E-state index contributed by atoms with van der Waals surface area (Å²) in [5.41, 5.74) is 2.00. The lowest BCUT2D eigenvalue weighted by atomic mass is 9.97. The Morgan fingerprint density at radius 3 is 2.37 bits per heavy atom. The van der Waals surface area contributed by atoms with Gasteiger partial charge in [0.25, 0.3) is 0 Å². The van der Waals surface area contributed by atoms with Crippen LogP contribution in [0, 0.1) is 11.3 Å². The Balaban J connectivity index is 1.78. The van der Waals surface area contributed by atoms with Gasteiger partial charge in [0, 0.05) is 30.4 Å². The molecule has 2 heterocycles. The number of nitrogens with zero attached hydrogens (tertiary/aromatic N) is 2. The lowest BCUT2D eigenvalue weighted by molar-refractivity contribution is 0.349. The van der Waals surface area contributed by atoms with Crippen LogP contribution in [0.4, 0.5) is 5.69 Å². The van der Waals surface area contributed by atoms with Gasteiger partial charge in [0.2, 0.25) is 0 Å². The maximum Gasteiger partial charge on any atom is 0.0991 e. The summed E-state index contributed by atoms with van der Waals surface area (Å²) in [6, 6.07) is 12.3. The molecule has 3 nitrogen and oxygen atoms in total. The van der Waals surface area contributed by atoms with Crippen molar-refractivity contribution >= 4 is 5.69 Å². The summed E-state index contributed by atoms with van der Waals surface area (Å²) in [5, 5.41) is 12.6. The van der Waals surface area contributed by atoms with Gasteiger partial charge in [-0.25, -0.2) is 0 Å². The molecule has 0 aliphatic carbocycles. The smallest absolute Gasteiger partial charge is 0.0991 e. The molecule has 2 fully saturated rings. The number of rotatable bonds is 3. The van der Waals surface area contributed by atoms with E-state index in [2.05, 4.69) is 35.3 Å². The van der Waals surface area contributed by atoms with Crippen LogP contribution in [-0.2, 0) is 0 Å². The minimum atomic E-state index is 0.650. The van der Waals surface area contributed by atoms with Crippen molar-refractivity contribution in [1.82, 2.24) is 5.32 Å². The summed E-state index contributed by atoms with van der Waals surface area (Å²) in [6.07, 6.45) is 5.19. The second-order valence-corrected chi connectivity index (χ2v) is 5.71. The van der Waals surface area contributed by atoms with Crippen molar-refractivity contribution in [3.8, 4) is 6.07 Å². The molecular formula is C16H21N3. The second kappa shape index (κ2) is 5.22. The first-order chi connectivity index (χ1) is 9.30. The predicted molar refractivity (Wildman–Crippen MR) is 77.1 cm³/mol. The molecule has 2 bridgehead atoms. The average molecular weight is 255 g/mol. The molecule has 3 heteroatoms. The van der Waals surface area contributed by atoms with Crippen molar-refractivity contribution in [2.75, 3.05) is 11.4 Å². The Morgan fingerprint density at radius 2 is 1.84 bits per heavy atom. The van der Waals surface area contributed by atoms with E-state index in [1.807, 2.05) is 12.1 Å². The van der Waals surface area contributed by atoms with Gasteiger partial charge in [-0.2, -0.15) is 5.26 Å². The molecule has 1 N–H and O–H groups in total. The van der Waals surface area contributed by atoms with Gasteiger partial charge in [-0.1, -0.05) is 0 Å². The summed E-state index contributed by atoms with van der Waals surface area (Å²) >= 11 is 0. The molecule has 2 aliphatic rings. The number of fused-ring (bicyclic) bond motifs is 2. The van der Waals surface area contributed by atoms with E-state index in [-0.39, 0.29) is 0 Å². The van der Waals surface area contributed by atoms with E-state index in [1.165, 1.54) is 31.4 Å². The Labute approximate surface area is 115 Å². The molecule has 1 aromatic rings. The van der Waals surface area contributed by atoms with E-state index in [4.69, 9.17) is 5.26 Å². The Hall–Kier alpha value is -1.53. The van der Waals surface area contributed by atoms with Crippen LogP contribution >= 0.6 is 0 Å². The highest BCUT2D eigenvalue weighted by Gasteiger charge is 2.35. The zero-order valence-electron chi connectivity index (χ0n) is 11.5. The standard InChI is InChI=1S/C16H21N3/c1-2-19(15-7-3-12(11-17)4-8-15)16-9-13-5-6-14(10-16)18-13/h3-4,7-8,13-14,16,18H,2,5-6,9-10H2,1H3. The molecule has 3 rings (SSSR count). The van der Waals surface area contributed by atoms with E-state index in [0.717, 1.165) is 24.2 Å². The molecule has 100 valence electrons. The van der Waals surface area contributed by atoms with Crippen LogP contribution in [0.1, 0.15) is 38.2 Å². The van der Waals surface area contributed by atoms with Gasteiger partial charge in [0.1, 0.15) is 0 Å². The third-order valence-corrected chi connectivity index (χ3v) is 4.56. The molecule has 19 heavy (non-hydrogen) atoms.